The first-order chi connectivity index (χ1) is 13.2. The first kappa shape index (κ1) is 23.7. The van der Waals surface area contributed by atoms with Crippen LogP contribution in [0.1, 0.15) is 113 Å². The van der Waals surface area contributed by atoms with E-state index in [1.165, 1.54) is 70.6 Å². The van der Waals surface area contributed by atoms with Crippen LogP contribution >= 0.6 is 11.6 Å². The third kappa shape index (κ3) is 11.2. The molecule has 0 aliphatic heterocycles. The molecule has 0 aliphatic carbocycles. The number of alkyl halides is 1. The Kier molecular flexibility index (Phi) is 13.8. The summed E-state index contributed by atoms with van der Waals surface area (Å²) in [4.78, 5) is 12.2. The number of carbonyl (C=O) groups excluding carboxylic acids is 1. The van der Waals surface area contributed by atoms with Crippen molar-refractivity contribution in [3.63, 3.8) is 0 Å². The standard InChI is InChI=1S/C24H36ClNO/c1-2-3-4-5-6-7-8-9-10-11-12-13-14-15-23(27)24(25)22-18-16-21(20-26)17-19-22/h16-19,24H,2-15H2,1H3. The Morgan fingerprint density at radius 3 is 1.74 bits per heavy atom. The number of halogens is 1. The van der Waals surface area contributed by atoms with E-state index in [2.05, 4.69) is 13.0 Å². The van der Waals surface area contributed by atoms with Crippen molar-refractivity contribution in [1.82, 2.24) is 0 Å². The lowest BCUT2D eigenvalue weighted by molar-refractivity contribution is -0.118. The fraction of sp³-hybridized carbons (Fsp3) is 0.667. The molecule has 1 unspecified atom stereocenters. The highest BCUT2D eigenvalue weighted by molar-refractivity contribution is 6.31. The van der Waals surface area contributed by atoms with Gasteiger partial charge in [-0.05, 0) is 24.1 Å². The summed E-state index contributed by atoms with van der Waals surface area (Å²) >= 11 is 6.27. The number of benzene rings is 1. The average Bonchev–Trinajstić information content (AvgIpc) is 2.70. The molecule has 0 N–H and O–H groups in total. The highest BCUT2D eigenvalue weighted by atomic mass is 35.5. The second-order valence-corrected chi connectivity index (χ2v) is 7.99. The van der Waals surface area contributed by atoms with Gasteiger partial charge >= 0.3 is 0 Å². The van der Waals surface area contributed by atoms with Crippen LogP contribution in [0.2, 0.25) is 0 Å². The van der Waals surface area contributed by atoms with Gasteiger partial charge in [-0.25, -0.2) is 0 Å². The SMILES string of the molecule is CCCCCCCCCCCCCCCC(=O)C(Cl)c1ccc(C#N)cc1. The molecule has 1 rings (SSSR count). The van der Waals surface area contributed by atoms with Crippen molar-refractivity contribution in [1.29, 1.82) is 5.26 Å². The number of hydrogen-bond acceptors (Lipinski definition) is 2. The molecule has 0 spiro atoms. The fourth-order valence-electron chi connectivity index (χ4n) is 3.36. The van der Waals surface area contributed by atoms with E-state index in [0.29, 0.717) is 12.0 Å². The lowest BCUT2D eigenvalue weighted by Crippen LogP contribution is -2.06. The van der Waals surface area contributed by atoms with Crippen molar-refractivity contribution < 1.29 is 4.79 Å². The van der Waals surface area contributed by atoms with E-state index in [0.717, 1.165) is 18.4 Å². The maximum absolute atomic E-state index is 12.2. The predicted octanol–water partition coefficient (Wildman–Crippen LogP) is 7.89. The van der Waals surface area contributed by atoms with Crippen LogP contribution in [0.15, 0.2) is 24.3 Å². The van der Waals surface area contributed by atoms with Crippen molar-refractivity contribution in [2.24, 2.45) is 0 Å². The molecule has 0 saturated carbocycles. The first-order valence-electron chi connectivity index (χ1n) is 10.9. The Bertz CT molecular complexity index is 546. The molecule has 1 aromatic carbocycles. The molecule has 0 bridgehead atoms. The Morgan fingerprint density at radius 2 is 1.30 bits per heavy atom. The number of carbonyl (C=O) groups is 1. The van der Waals surface area contributed by atoms with Crippen molar-refractivity contribution in [3.8, 4) is 6.07 Å². The Morgan fingerprint density at radius 1 is 0.852 bits per heavy atom. The van der Waals surface area contributed by atoms with Crippen LogP contribution in [0.25, 0.3) is 0 Å². The maximum atomic E-state index is 12.2. The van der Waals surface area contributed by atoms with Crippen LogP contribution in [0.4, 0.5) is 0 Å². The summed E-state index contributed by atoms with van der Waals surface area (Å²) in [5.41, 5.74) is 1.38. The van der Waals surface area contributed by atoms with Gasteiger partial charge in [-0.15, -0.1) is 11.6 Å². The van der Waals surface area contributed by atoms with Gasteiger partial charge in [0.2, 0.25) is 0 Å². The molecule has 0 fully saturated rings. The normalized spacial score (nSPS) is 11.9. The molecule has 1 aromatic rings. The van der Waals surface area contributed by atoms with E-state index < -0.39 is 5.38 Å². The van der Waals surface area contributed by atoms with Gasteiger partial charge in [-0.1, -0.05) is 96.1 Å². The van der Waals surface area contributed by atoms with E-state index in [1.807, 2.05) is 0 Å². The number of unbranched alkanes of at least 4 members (excludes halogenated alkanes) is 12. The summed E-state index contributed by atoms with van der Waals surface area (Å²) in [7, 11) is 0. The van der Waals surface area contributed by atoms with E-state index in [-0.39, 0.29) is 5.78 Å². The molecule has 0 saturated heterocycles. The molecule has 27 heavy (non-hydrogen) atoms. The zero-order chi connectivity index (χ0) is 19.7. The van der Waals surface area contributed by atoms with E-state index >= 15 is 0 Å². The summed E-state index contributed by atoms with van der Waals surface area (Å²) in [6, 6.07) is 9.05. The Hall–Kier alpha value is -1.33. The third-order valence-electron chi connectivity index (χ3n) is 5.14. The topological polar surface area (TPSA) is 40.9 Å². The monoisotopic (exact) mass is 389 g/mol. The second-order valence-electron chi connectivity index (χ2n) is 7.56. The molecule has 0 heterocycles. The summed E-state index contributed by atoms with van der Waals surface area (Å²) in [6.07, 6.45) is 17.5. The largest absolute Gasteiger partial charge is 0.298 e. The van der Waals surface area contributed by atoms with E-state index in [4.69, 9.17) is 16.9 Å². The number of nitrogens with zero attached hydrogens (tertiary/aromatic N) is 1. The first-order valence-corrected chi connectivity index (χ1v) is 11.3. The number of Topliss-reactive ketones (excluding diaryl/α,β-unsaturated/α-hetero) is 1. The van der Waals surface area contributed by atoms with Crippen molar-refractivity contribution in [3.05, 3.63) is 35.4 Å². The summed E-state index contributed by atoms with van der Waals surface area (Å²) in [6.45, 7) is 2.26. The number of ketones is 1. The van der Waals surface area contributed by atoms with Gasteiger partial charge in [0, 0.05) is 6.42 Å². The third-order valence-corrected chi connectivity index (χ3v) is 5.64. The minimum atomic E-state index is -0.588. The predicted molar refractivity (Wildman–Crippen MR) is 115 cm³/mol. The van der Waals surface area contributed by atoms with Gasteiger partial charge in [-0.3, -0.25) is 4.79 Å². The van der Waals surface area contributed by atoms with Crippen molar-refractivity contribution in [2.45, 2.75) is 102 Å². The molecule has 0 aromatic heterocycles. The highest BCUT2D eigenvalue weighted by Crippen LogP contribution is 2.24. The zero-order valence-corrected chi connectivity index (χ0v) is 17.8. The Balaban J connectivity index is 1.98. The zero-order valence-electron chi connectivity index (χ0n) is 17.0. The second kappa shape index (κ2) is 15.7. The summed E-state index contributed by atoms with van der Waals surface area (Å²) in [5, 5.41) is 8.23. The van der Waals surface area contributed by atoms with Crippen LogP contribution in [-0.2, 0) is 4.79 Å². The molecule has 0 amide bonds. The van der Waals surface area contributed by atoms with Gasteiger partial charge < -0.3 is 0 Å². The molecule has 150 valence electrons. The van der Waals surface area contributed by atoms with Crippen LogP contribution < -0.4 is 0 Å². The molecule has 0 radical (unpaired) electrons. The van der Waals surface area contributed by atoms with Gasteiger partial charge in [0.05, 0.1) is 11.6 Å². The quantitative estimate of drug-likeness (QED) is 0.213. The van der Waals surface area contributed by atoms with Crippen LogP contribution in [0.3, 0.4) is 0 Å². The minimum Gasteiger partial charge on any atom is -0.298 e. The molecule has 3 heteroatoms. The van der Waals surface area contributed by atoms with Gasteiger partial charge in [-0.2, -0.15) is 5.26 Å². The molecular formula is C24H36ClNO. The molecular weight excluding hydrogens is 354 g/mol. The number of hydrogen-bond donors (Lipinski definition) is 0. The maximum Gasteiger partial charge on any atom is 0.155 e. The van der Waals surface area contributed by atoms with E-state index in [1.54, 1.807) is 24.3 Å². The lowest BCUT2D eigenvalue weighted by atomic mass is 10.0. The molecule has 1 atom stereocenters. The molecule has 2 nitrogen and oxygen atoms in total. The van der Waals surface area contributed by atoms with Crippen LogP contribution in [0, 0.1) is 11.3 Å². The summed E-state index contributed by atoms with van der Waals surface area (Å²) < 4.78 is 0. The van der Waals surface area contributed by atoms with Crippen LogP contribution in [0.5, 0.6) is 0 Å². The fourth-order valence-corrected chi connectivity index (χ4v) is 3.61. The van der Waals surface area contributed by atoms with Gasteiger partial charge in [0.1, 0.15) is 5.38 Å². The van der Waals surface area contributed by atoms with Crippen molar-refractivity contribution in [2.75, 3.05) is 0 Å². The lowest BCUT2D eigenvalue weighted by Gasteiger charge is -2.09. The van der Waals surface area contributed by atoms with Crippen LogP contribution in [-0.4, -0.2) is 5.78 Å². The average molecular weight is 390 g/mol. The Labute approximate surface area is 171 Å². The number of rotatable bonds is 16. The minimum absolute atomic E-state index is 0.0875. The van der Waals surface area contributed by atoms with Gasteiger partial charge in [0.15, 0.2) is 5.78 Å². The molecule has 0 aliphatic rings. The highest BCUT2D eigenvalue weighted by Gasteiger charge is 2.16. The van der Waals surface area contributed by atoms with E-state index in [9.17, 15) is 4.79 Å². The number of nitriles is 1. The van der Waals surface area contributed by atoms with Crippen molar-refractivity contribution >= 4 is 17.4 Å². The van der Waals surface area contributed by atoms with Gasteiger partial charge in [0.25, 0.3) is 0 Å². The summed E-state index contributed by atoms with van der Waals surface area (Å²) in [5.74, 6) is 0.0875. The smallest absolute Gasteiger partial charge is 0.155 e.